The largest absolute Gasteiger partial charge is 0.508 e. The molecular formula is C14H26O6. The lowest BCUT2D eigenvalue weighted by molar-refractivity contribution is -0.0563. The SMILES string of the molecule is CCC(C)OC(=O)OC(C)C(C)OC(=O)OC(C)CC. The summed E-state index contributed by atoms with van der Waals surface area (Å²) in [6.07, 6.45) is -1.77. The van der Waals surface area contributed by atoms with Gasteiger partial charge in [0.25, 0.3) is 0 Å². The van der Waals surface area contributed by atoms with Gasteiger partial charge in [-0.1, -0.05) is 13.8 Å². The van der Waals surface area contributed by atoms with Gasteiger partial charge >= 0.3 is 12.3 Å². The first-order chi connectivity index (χ1) is 9.29. The van der Waals surface area contributed by atoms with Gasteiger partial charge in [-0.2, -0.15) is 0 Å². The molecule has 0 rings (SSSR count). The summed E-state index contributed by atoms with van der Waals surface area (Å²) >= 11 is 0. The molecule has 4 unspecified atom stereocenters. The number of ether oxygens (including phenoxy) is 4. The van der Waals surface area contributed by atoms with Crippen LogP contribution in [0.5, 0.6) is 0 Å². The highest BCUT2D eigenvalue weighted by Crippen LogP contribution is 2.09. The van der Waals surface area contributed by atoms with E-state index >= 15 is 0 Å². The Morgan fingerprint density at radius 1 is 0.700 bits per heavy atom. The minimum atomic E-state index is -0.766. The lowest BCUT2D eigenvalue weighted by Crippen LogP contribution is -2.32. The molecule has 0 heterocycles. The predicted octanol–water partition coefficient (Wildman–Crippen LogP) is 3.67. The lowest BCUT2D eigenvalue weighted by Gasteiger charge is -2.21. The summed E-state index contributed by atoms with van der Waals surface area (Å²) in [5.74, 6) is 0. The molecule has 118 valence electrons. The van der Waals surface area contributed by atoms with Crippen molar-refractivity contribution in [2.45, 2.75) is 78.8 Å². The molecule has 0 aliphatic rings. The Kier molecular flexibility index (Phi) is 8.76. The van der Waals surface area contributed by atoms with Crippen molar-refractivity contribution in [3.05, 3.63) is 0 Å². The third kappa shape index (κ3) is 7.86. The van der Waals surface area contributed by atoms with Gasteiger partial charge in [0.1, 0.15) is 24.4 Å². The van der Waals surface area contributed by atoms with Crippen molar-refractivity contribution in [2.24, 2.45) is 0 Å². The van der Waals surface area contributed by atoms with Crippen LogP contribution in [0.3, 0.4) is 0 Å². The minimum Gasteiger partial charge on any atom is -0.431 e. The molecule has 0 radical (unpaired) electrons. The molecule has 0 saturated heterocycles. The van der Waals surface area contributed by atoms with E-state index in [9.17, 15) is 9.59 Å². The molecule has 0 aliphatic carbocycles. The van der Waals surface area contributed by atoms with Gasteiger partial charge in [-0.15, -0.1) is 0 Å². The molecule has 0 fully saturated rings. The fraction of sp³-hybridized carbons (Fsp3) is 0.857. The molecule has 0 spiro atoms. The zero-order chi connectivity index (χ0) is 15.7. The topological polar surface area (TPSA) is 71.1 Å². The zero-order valence-electron chi connectivity index (χ0n) is 13.2. The van der Waals surface area contributed by atoms with Crippen LogP contribution in [0.2, 0.25) is 0 Å². The van der Waals surface area contributed by atoms with Gasteiger partial charge in [0.05, 0.1) is 0 Å². The number of carbonyl (C=O) groups is 2. The second kappa shape index (κ2) is 9.44. The third-order valence-corrected chi connectivity index (χ3v) is 2.97. The summed E-state index contributed by atoms with van der Waals surface area (Å²) in [4.78, 5) is 22.8. The monoisotopic (exact) mass is 290 g/mol. The van der Waals surface area contributed by atoms with Crippen molar-refractivity contribution in [3.63, 3.8) is 0 Å². The van der Waals surface area contributed by atoms with Crippen molar-refractivity contribution in [2.75, 3.05) is 0 Å². The molecule has 20 heavy (non-hydrogen) atoms. The summed E-state index contributed by atoms with van der Waals surface area (Å²) < 4.78 is 20.0. The Balaban J connectivity index is 4.11. The van der Waals surface area contributed by atoms with E-state index in [0.717, 1.165) is 0 Å². The summed E-state index contributed by atoms with van der Waals surface area (Å²) in [5.41, 5.74) is 0. The van der Waals surface area contributed by atoms with Crippen LogP contribution >= 0.6 is 0 Å². The first-order valence-corrected chi connectivity index (χ1v) is 7.04. The fourth-order valence-electron chi connectivity index (χ4n) is 1.05. The molecule has 0 N–H and O–H groups in total. The van der Waals surface area contributed by atoms with E-state index in [4.69, 9.17) is 18.9 Å². The van der Waals surface area contributed by atoms with Crippen molar-refractivity contribution in [1.82, 2.24) is 0 Å². The van der Waals surface area contributed by atoms with Crippen LogP contribution in [-0.4, -0.2) is 36.7 Å². The summed E-state index contributed by atoms with van der Waals surface area (Å²) in [6, 6.07) is 0. The van der Waals surface area contributed by atoms with Crippen molar-refractivity contribution in [3.8, 4) is 0 Å². The van der Waals surface area contributed by atoms with Crippen molar-refractivity contribution in [1.29, 1.82) is 0 Å². The molecule has 0 aromatic rings. The molecule has 0 aliphatic heterocycles. The second-order valence-electron chi connectivity index (χ2n) is 4.82. The Hall–Kier alpha value is -1.46. The van der Waals surface area contributed by atoms with Gasteiger partial charge in [0.2, 0.25) is 0 Å². The molecule has 6 heteroatoms. The maximum atomic E-state index is 11.4. The number of hydrogen-bond acceptors (Lipinski definition) is 6. The fourth-order valence-corrected chi connectivity index (χ4v) is 1.05. The van der Waals surface area contributed by atoms with Gasteiger partial charge in [0.15, 0.2) is 0 Å². The van der Waals surface area contributed by atoms with E-state index in [1.807, 2.05) is 13.8 Å². The highest BCUT2D eigenvalue weighted by atomic mass is 16.8. The number of rotatable bonds is 7. The summed E-state index contributed by atoms with van der Waals surface area (Å²) in [6.45, 7) is 10.6. The highest BCUT2D eigenvalue weighted by molar-refractivity contribution is 5.61. The van der Waals surface area contributed by atoms with Gasteiger partial charge in [-0.25, -0.2) is 9.59 Å². The molecule has 6 nitrogen and oxygen atoms in total. The first-order valence-electron chi connectivity index (χ1n) is 7.04. The molecule has 0 saturated carbocycles. The molecule has 0 aromatic carbocycles. The molecule has 0 amide bonds. The van der Waals surface area contributed by atoms with E-state index < -0.39 is 24.5 Å². The third-order valence-electron chi connectivity index (χ3n) is 2.97. The van der Waals surface area contributed by atoms with Gasteiger partial charge in [-0.3, -0.25) is 0 Å². The van der Waals surface area contributed by atoms with Crippen LogP contribution in [0.1, 0.15) is 54.4 Å². The normalized spacial score (nSPS) is 16.5. The van der Waals surface area contributed by atoms with Gasteiger partial charge in [-0.05, 0) is 40.5 Å². The van der Waals surface area contributed by atoms with E-state index in [0.29, 0.717) is 12.8 Å². The second-order valence-corrected chi connectivity index (χ2v) is 4.82. The van der Waals surface area contributed by atoms with Crippen LogP contribution < -0.4 is 0 Å². The first kappa shape index (κ1) is 18.5. The van der Waals surface area contributed by atoms with Gasteiger partial charge < -0.3 is 18.9 Å². The van der Waals surface area contributed by atoms with E-state index in [1.165, 1.54) is 0 Å². The van der Waals surface area contributed by atoms with E-state index in [2.05, 4.69) is 0 Å². The molecule has 4 atom stereocenters. The van der Waals surface area contributed by atoms with Crippen LogP contribution in [0.4, 0.5) is 9.59 Å². The van der Waals surface area contributed by atoms with Crippen LogP contribution in [-0.2, 0) is 18.9 Å². The maximum Gasteiger partial charge on any atom is 0.508 e. The average molecular weight is 290 g/mol. The zero-order valence-corrected chi connectivity index (χ0v) is 13.2. The minimum absolute atomic E-state index is 0.207. The van der Waals surface area contributed by atoms with Crippen LogP contribution in [0.15, 0.2) is 0 Å². The van der Waals surface area contributed by atoms with Crippen LogP contribution in [0.25, 0.3) is 0 Å². The predicted molar refractivity (Wildman–Crippen MR) is 73.6 cm³/mol. The van der Waals surface area contributed by atoms with Crippen molar-refractivity contribution < 1.29 is 28.5 Å². The van der Waals surface area contributed by atoms with Crippen molar-refractivity contribution >= 4 is 12.3 Å². The Labute approximate surface area is 120 Å². The smallest absolute Gasteiger partial charge is 0.431 e. The molecule has 0 bridgehead atoms. The Morgan fingerprint density at radius 2 is 1.00 bits per heavy atom. The quantitative estimate of drug-likeness (QED) is 0.666. The Bertz CT molecular complexity index is 274. The number of carbonyl (C=O) groups excluding carboxylic acids is 2. The molecular weight excluding hydrogens is 264 g/mol. The lowest BCUT2D eigenvalue weighted by atomic mass is 10.2. The van der Waals surface area contributed by atoms with Gasteiger partial charge in [0, 0.05) is 0 Å². The maximum absolute atomic E-state index is 11.4. The Morgan fingerprint density at radius 3 is 1.25 bits per heavy atom. The average Bonchev–Trinajstić information content (AvgIpc) is 2.37. The summed E-state index contributed by atoms with van der Waals surface area (Å²) in [7, 11) is 0. The summed E-state index contributed by atoms with van der Waals surface area (Å²) in [5, 5.41) is 0. The van der Waals surface area contributed by atoms with E-state index in [1.54, 1.807) is 27.7 Å². The highest BCUT2D eigenvalue weighted by Gasteiger charge is 2.23. The van der Waals surface area contributed by atoms with E-state index in [-0.39, 0.29) is 12.2 Å². The molecule has 0 aromatic heterocycles. The van der Waals surface area contributed by atoms with Crippen LogP contribution in [0, 0.1) is 0 Å². The standard InChI is InChI=1S/C14H26O6/c1-7-9(3)17-13(15)19-11(5)12(6)20-14(16)18-10(4)8-2/h9-12H,7-8H2,1-6H3. The number of hydrogen-bond donors (Lipinski definition) is 0.